The summed E-state index contributed by atoms with van der Waals surface area (Å²) >= 11 is 0. The maximum atomic E-state index is 5.72. The van der Waals surface area contributed by atoms with Crippen LogP contribution in [0.5, 0.6) is 0 Å². The van der Waals surface area contributed by atoms with E-state index in [0.717, 1.165) is 23.5 Å². The molecule has 0 unspecified atom stereocenters. The molecule has 18 heavy (non-hydrogen) atoms. The van der Waals surface area contributed by atoms with Crippen molar-refractivity contribution in [2.45, 2.75) is 27.2 Å². The number of nitrogens with one attached hydrogen (secondary N) is 1. The van der Waals surface area contributed by atoms with E-state index < -0.39 is 0 Å². The molecular weight excluding hydrogens is 222 g/mol. The highest BCUT2D eigenvalue weighted by Gasteiger charge is 2.07. The summed E-state index contributed by atoms with van der Waals surface area (Å²) in [5, 5.41) is 3.42. The first kappa shape index (κ1) is 12.4. The van der Waals surface area contributed by atoms with Crippen molar-refractivity contribution in [2.75, 3.05) is 11.1 Å². The standard InChI is InChI=1S/C15H19N3/c1-4-12-7-5-6-10(2)14(12)18-15-11(3)8-13(16)9-17-15/h5-9H,4,16H2,1-3H3,(H,17,18). The number of aryl methyl sites for hydroxylation is 3. The number of para-hydroxylation sites is 1. The minimum Gasteiger partial charge on any atom is -0.397 e. The third kappa shape index (κ3) is 2.45. The smallest absolute Gasteiger partial charge is 0.133 e. The zero-order valence-electron chi connectivity index (χ0n) is 11.1. The molecule has 1 aromatic heterocycles. The minimum atomic E-state index is 0.693. The van der Waals surface area contributed by atoms with Crippen LogP contribution in [-0.2, 0) is 6.42 Å². The second-order valence-corrected chi connectivity index (χ2v) is 4.52. The van der Waals surface area contributed by atoms with E-state index >= 15 is 0 Å². The first-order valence-electron chi connectivity index (χ1n) is 6.19. The first-order chi connectivity index (χ1) is 8.61. The van der Waals surface area contributed by atoms with Crippen molar-refractivity contribution in [3.63, 3.8) is 0 Å². The van der Waals surface area contributed by atoms with Crippen LogP contribution < -0.4 is 11.1 Å². The Hall–Kier alpha value is -2.03. The second-order valence-electron chi connectivity index (χ2n) is 4.52. The number of anilines is 3. The normalized spacial score (nSPS) is 10.4. The van der Waals surface area contributed by atoms with Gasteiger partial charge in [-0.05, 0) is 43.0 Å². The van der Waals surface area contributed by atoms with Gasteiger partial charge in [0.2, 0.25) is 0 Å². The highest BCUT2D eigenvalue weighted by atomic mass is 15.0. The molecule has 0 radical (unpaired) electrons. The third-order valence-corrected chi connectivity index (χ3v) is 3.08. The van der Waals surface area contributed by atoms with Crippen LogP contribution in [0, 0.1) is 13.8 Å². The molecular formula is C15H19N3. The number of nitrogens with two attached hydrogens (primary N) is 1. The van der Waals surface area contributed by atoms with Gasteiger partial charge in [0.05, 0.1) is 11.9 Å². The van der Waals surface area contributed by atoms with Crippen LogP contribution >= 0.6 is 0 Å². The summed E-state index contributed by atoms with van der Waals surface area (Å²) in [5.74, 6) is 0.869. The Labute approximate surface area is 108 Å². The van der Waals surface area contributed by atoms with Gasteiger partial charge in [-0.3, -0.25) is 0 Å². The van der Waals surface area contributed by atoms with Crippen molar-refractivity contribution in [1.29, 1.82) is 0 Å². The number of nitrogens with zero attached hydrogens (tertiary/aromatic N) is 1. The maximum Gasteiger partial charge on any atom is 0.133 e. The molecule has 94 valence electrons. The summed E-state index contributed by atoms with van der Waals surface area (Å²) in [6.07, 6.45) is 2.68. The van der Waals surface area contributed by atoms with E-state index in [1.807, 2.05) is 13.0 Å². The minimum absolute atomic E-state index is 0.693. The monoisotopic (exact) mass is 241 g/mol. The Balaban J connectivity index is 2.39. The predicted molar refractivity (Wildman–Crippen MR) is 77.2 cm³/mol. The molecule has 0 aliphatic heterocycles. The number of hydrogen-bond donors (Lipinski definition) is 2. The van der Waals surface area contributed by atoms with E-state index in [-0.39, 0.29) is 0 Å². The molecule has 0 aliphatic carbocycles. The lowest BCUT2D eigenvalue weighted by molar-refractivity contribution is 1.13. The second kappa shape index (κ2) is 5.08. The van der Waals surface area contributed by atoms with Crippen molar-refractivity contribution in [1.82, 2.24) is 4.98 Å². The Bertz CT molecular complexity index is 562. The van der Waals surface area contributed by atoms with E-state index in [2.05, 4.69) is 42.3 Å². The quantitative estimate of drug-likeness (QED) is 0.863. The summed E-state index contributed by atoms with van der Waals surface area (Å²) in [7, 11) is 0. The summed E-state index contributed by atoms with van der Waals surface area (Å²) in [5.41, 5.74) is 11.1. The molecule has 0 fully saturated rings. The molecule has 0 spiro atoms. The number of rotatable bonds is 3. The molecule has 0 aliphatic rings. The van der Waals surface area contributed by atoms with Crippen LogP contribution in [0.3, 0.4) is 0 Å². The van der Waals surface area contributed by atoms with Crippen molar-refractivity contribution in [3.05, 3.63) is 47.2 Å². The SMILES string of the molecule is CCc1cccc(C)c1Nc1ncc(N)cc1C. The fourth-order valence-corrected chi connectivity index (χ4v) is 2.05. The van der Waals surface area contributed by atoms with Gasteiger partial charge in [-0.25, -0.2) is 4.98 Å². The van der Waals surface area contributed by atoms with Gasteiger partial charge in [-0.15, -0.1) is 0 Å². The Morgan fingerprint density at radius 3 is 2.67 bits per heavy atom. The largest absolute Gasteiger partial charge is 0.397 e. The molecule has 0 bridgehead atoms. The average molecular weight is 241 g/mol. The van der Waals surface area contributed by atoms with Crippen LogP contribution in [0.15, 0.2) is 30.5 Å². The molecule has 2 aromatic rings. The van der Waals surface area contributed by atoms with Gasteiger partial charge in [0.25, 0.3) is 0 Å². The predicted octanol–water partition coefficient (Wildman–Crippen LogP) is 3.59. The molecule has 3 N–H and O–H groups in total. The van der Waals surface area contributed by atoms with Crippen molar-refractivity contribution in [3.8, 4) is 0 Å². The van der Waals surface area contributed by atoms with Crippen molar-refractivity contribution in [2.24, 2.45) is 0 Å². The third-order valence-electron chi connectivity index (χ3n) is 3.08. The lowest BCUT2D eigenvalue weighted by atomic mass is 10.1. The number of aromatic nitrogens is 1. The van der Waals surface area contributed by atoms with E-state index in [9.17, 15) is 0 Å². The number of hydrogen-bond acceptors (Lipinski definition) is 3. The number of benzene rings is 1. The summed E-state index contributed by atoms with van der Waals surface area (Å²) in [6, 6.07) is 8.26. The van der Waals surface area contributed by atoms with Crippen molar-refractivity contribution < 1.29 is 0 Å². The van der Waals surface area contributed by atoms with E-state index in [4.69, 9.17) is 5.73 Å². The fraction of sp³-hybridized carbons (Fsp3) is 0.267. The molecule has 3 nitrogen and oxygen atoms in total. The number of nitrogen functional groups attached to an aromatic ring is 1. The molecule has 0 saturated heterocycles. The van der Waals surface area contributed by atoms with Crippen LogP contribution in [-0.4, -0.2) is 4.98 Å². The highest BCUT2D eigenvalue weighted by Crippen LogP contribution is 2.26. The van der Waals surface area contributed by atoms with Crippen LogP contribution in [0.25, 0.3) is 0 Å². The molecule has 0 saturated carbocycles. The molecule has 2 rings (SSSR count). The molecule has 1 aromatic carbocycles. The fourth-order valence-electron chi connectivity index (χ4n) is 2.05. The Morgan fingerprint density at radius 1 is 1.22 bits per heavy atom. The van der Waals surface area contributed by atoms with Gasteiger partial charge >= 0.3 is 0 Å². The van der Waals surface area contributed by atoms with Gasteiger partial charge in [-0.2, -0.15) is 0 Å². The van der Waals surface area contributed by atoms with E-state index in [1.54, 1.807) is 6.20 Å². The highest BCUT2D eigenvalue weighted by molar-refractivity contribution is 5.67. The summed E-state index contributed by atoms with van der Waals surface area (Å²) in [4.78, 5) is 4.35. The maximum absolute atomic E-state index is 5.72. The average Bonchev–Trinajstić information content (AvgIpc) is 2.34. The van der Waals surface area contributed by atoms with Gasteiger partial charge in [0.1, 0.15) is 5.82 Å². The van der Waals surface area contributed by atoms with Gasteiger partial charge < -0.3 is 11.1 Å². The lowest BCUT2D eigenvalue weighted by Gasteiger charge is -2.15. The van der Waals surface area contributed by atoms with Crippen LogP contribution in [0.2, 0.25) is 0 Å². The van der Waals surface area contributed by atoms with Gasteiger partial charge in [0, 0.05) is 5.69 Å². The lowest BCUT2D eigenvalue weighted by Crippen LogP contribution is -2.02. The van der Waals surface area contributed by atoms with Gasteiger partial charge in [0.15, 0.2) is 0 Å². The Kier molecular flexibility index (Phi) is 3.51. The first-order valence-corrected chi connectivity index (χ1v) is 6.19. The van der Waals surface area contributed by atoms with E-state index in [0.29, 0.717) is 5.69 Å². The van der Waals surface area contributed by atoms with Crippen LogP contribution in [0.1, 0.15) is 23.6 Å². The zero-order chi connectivity index (χ0) is 13.1. The Morgan fingerprint density at radius 2 is 2.00 bits per heavy atom. The summed E-state index contributed by atoms with van der Waals surface area (Å²) < 4.78 is 0. The zero-order valence-corrected chi connectivity index (χ0v) is 11.1. The number of pyridine rings is 1. The topological polar surface area (TPSA) is 50.9 Å². The summed E-state index contributed by atoms with van der Waals surface area (Å²) in [6.45, 7) is 6.27. The molecule has 0 atom stereocenters. The van der Waals surface area contributed by atoms with Crippen molar-refractivity contribution >= 4 is 17.2 Å². The molecule has 1 heterocycles. The van der Waals surface area contributed by atoms with Gasteiger partial charge in [-0.1, -0.05) is 25.1 Å². The molecule has 3 heteroatoms. The van der Waals surface area contributed by atoms with Crippen LogP contribution in [0.4, 0.5) is 17.2 Å². The van der Waals surface area contributed by atoms with E-state index in [1.165, 1.54) is 11.1 Å². The molecule has 0 amide bonds.